The van der Waals surface area contributed by atoms with Gasteiger partial charge in [-0.1, -0.05) is 23.7 Å². The van der Waals surface area contributed by atoms with E-state index >= 15 is 0 Å². The number of amides is 3. The van der Waals surface area contributed by atoms with Crippen molar-refractivity contribution in [2.45, 2.75) is 13.8 Å². The molecule has 1 unspecified atom stereocenters. The van der Waals surface area contributed by atoms with Gasteiger partial charge in [0.15, 0.2) is 13.1 Å². The number of ether oxygens (including phenoxy) is 1. The number of anilines is 1. The lowest BCUT2D eigenvalue weighted by Crippen LogP contribution is -3.14. The molecule has 7 nitrogen and oxygen atoms in total. The molecule has 0 bridgehead atoms. The van der Waals surface area contributed by atoms with Crippen molar-refractivity contribution in [1.82, 2.24) is 5.32 Å². The third-order valence-electron chi connectivity index (χ3n) is 2.99. The van der Waals surface area contributed by atoms with Crippen LogP contribution in [0.3, 0.4) is 0 Å². The number of carbonyl (C=O) groups excluding carboxylic acids is 3. The van der Waals surface area contributed by atoms with Crippen molar-refractivity contribution in [3.63, 3.8) is 0 Å². The first-order valence-electron chi connectivity index (χ1n) is 7.30. The lowest BCUT2D eigenvalue weighted by molar-refractivity contribution is -0.881. The Bertz CT molecular complexity index is 565. The van der Waals surface area contributed by atoms with Crippen molar-refractivity contribution in [2.75, 3.05) is 31.6 Å². The first kappa shape index (κ1) is 18.9. The maximum absolute atomic E-state index is 12.0. The Morgan fingerprint density at radius 3 is 2.39 bits per heavy atom. The van der Waals surface area contributed by atoms with Gasteiger partial charge in [0.2, 0.25) is 0 Å². The van der Waals surface area contributed by atoms with E-state index in [1.807, 2.05) is 6.92 Å². The molecule has 1 rings (SSSR count). The number of imide groups is 1. The summed E-state index contributed by atoms with van der Waals surface area (Å²) >= 11 is 5.97. The highest BCUT2D eigenvalue weighted by molar-refractivity contribution is 6.33. The third-order valence-corrected chi connectivity index (χ3v) is 3.32. The van der Waals surface area contributed by atoms with E-state index in [1.165, 1.54) is 0 Å². The van der Waals surface area contributed by atoms with E-state index in [1.54, 1.807) is 31.2 Å². The van der Waals surface area contributed by atoms with Crippen LogP contribution < -0.4 is 15.5 Å². The zero-order valence-electron chi connectivity index (χ0n) is 13.1. The van der Waals surface area contributed by atoms with Crippen molar-refractivity contribution < 1.29 is 24.0 Å². The van der Waals surface area contributed by atoms with Gasteiger partial charge in [-0.15, -0.1) is 0 Å². The van der Waals surface area contributed by atoms with E-state index in [-0.39, 0.29) is 25.6 Å². The summed E-state index contributed by atoms with van der Waals surface area (Å²) in [4.78, 5) is 35.6. The Morgan fingerprint density at radius 2 is 1.78 bits per heavy atom. The van der Waals surface area contributed by atoms with Gasteiger partial charge in [0.05, 0.1) is 23.9 Å². The summed E-state index contributed by atoms with van der Waals surface area (Å²) in [6.45, 7) is 4.29. The van der Waals surface area contributed by atoms with Gasteiger partial charge in [0.25, 0.3) is 11.8 Å². The van der Waals surface area contributed by atoms with E-state index in [4.69, 9.17) is 11.6 Å². The van der Waals surface area contributed by atoms with Crippen LogP contribution >= 0.6 is 11.6 Å². The number of para-hydroxylation sites is 1. The zero-order valence-corrected chi connectivity index (χ0v) is 13.9. The molecule has 0 aliphatic carbocycles. The molecule has 3 N–H and O–H groups in total. The topological polar surface area (TPSA) is 88.9 Å². The second-order valence-corrected chi connectivity index (χ2v) is 5.16. The molecule has 23 heavy (non-hydrogen) atoms. The normalized spacial score (nSPS) is 11.4. The summed E-state index contributed by atoms with van der Waals surface area (Å²) in [5.41, 5.74) is 0.519. The molecule has 126 valence electrons. The average molecular weight is 343 g/mol. The van der Waals surface area contributed by atoms with Crippen LogP contribution in [0.25, 0.3) is 0 Å². The van der Waals surface area contributed by atoms with Crippen LogP contribution in [0.5, 0.6) is 0 Å². The summed E-state index contributed by atoms with van der Waals surface area (Å²) in [7, 11) is 0. The van der Waals surface area contributed by atoms with Crippen LogP contribution in [0.1, 0.15) is 13.8 Å². The van der Waals surface area contributed by atoms with Crippen molar-refractivity contribution in [2.24, 2.45) is 0 Å². The standard InChI is InChI=1S/C15H20ClN3O4/c1-3-19(10-14(21)18-15(22)23-4-2)9-13(20)17-12-8-6-5-7-11(12)16/h5-8H,3-4,9-10H2,1-2H3,(H,17,20)(H,18,21,22)/p+1. The largest absolute Gasteiger partial charge is 0.450 e. The van der Waals surface area contributed by atoms with Crippen LogP contribution in [0, 0.1) is 0 Å². The Morgan fingerprint density at radius 1 is 1.13 bits per heavy atom. The van der Waals surface area contributed by atoms with E-state index in [0.29, 0.717) is 22.2 Å². The van der Waals surface area contributed by atoms with Gasteiger partial charge in [0, 0.05) is 0 Å². The number of halogens is 1. The number of hydrogen-bond acceptors (Lipinski definition) is 4. The monoisotopic (exact) mass is 342 g/mol. The Hall–Kier alpha value is -2.12. The second kappa shape index (κ2) is 9.81. The Kier molecular flexibility index (Phi) is 8.07. The second-order valence-electron chi connectivity index (χ2n) is 4.75. The van der Waals surface area contributed by atoms with Gasteiger partial charge < -0.3 is 15.0 Å². The number of alkyl carbamates (subject to hydrolysis) is 1. The molecule has 0 radical (unpaired) electrons. The predicted molar refractivity (Wildman–Crippen MR) is 86.5 cm³/mol. The van der Waals surface area contributed by atoms with E-state index in [9.17, 15) is 14.4 Å². The zero-order chi connectivity index (χ0) is 17.2. The van der Waals surface area contributed by atoms with Gasteiger partial charge >= 0.3 is 6.09 Å². The van der Waals surface area contributed by atoms with Crippen LogP contribution in [0.4, 0.5) is 10.5 Å². The van der Waals surface area contributed by atoms with Gasteiger partial charge in [-0.3, -0.25) is 14.9 Å². The summed E-state index contributed by atoms with van der Waals surface area (Å²) in [6, 6.07) is 6.90. The lowest BCUT2D eigenvalue weighted by atomic mass is 10.3. The van der Waals surface area contributed by atoms with Crippen molar-refractivity contribution in [1.29, 1.82) is 0 Å². The first-order valence-corrected chi connectivity index (χ1v) is 7.68. The van der Waals surface area contributed by atoms with E-state index in [0.717, 1.165) is 0 Å². The number of rotatable bonds is 7. The molecule has 1 atom stereocenters. The fourth-order valence-corrected chi connectivity index (χ4v) is 2.03. The molecule has 0 fully saturated rings. The van der Waals surface area contributed by atoms with Crippen LogP contribution in [-0.4, -0.2) is 44.1 Å². The predicted octanol–water partition coefficient (Wildman–Crippen LogP) is 0.456. The van der Waals surface area contributed by atoms with Gasteiger partial charge in [-0.25, -0.2) is 4.79 Å². The van der Waals surface area contributed by atoms with Crippen LogP contribution in [0.15, 0.2) is 24.3 Å². The number of quaternary nitrogens is 1. The molecule has 0 heterocycles. The highest BCUT2D eigenvalue weighted by Gasteiger charge is 2.19. The van der Waals surface area contributed by atoms with Gasteiger partial charge in [-0.2, -0.15) is 0 Å². The molecule has 0 aliphatic heterocycles. The van der Waals surface area contributed by atoms with Crippen LogP contribution in [-0.2, 0) is 14.3 Å². The van der Waals surface area contributed by atoms with Crippen molar-refractivity contribution in [3.8, 4) is 0 Å². The highest BCUT2D eigenvalue weighted by atomic mass is 35.5. The SMILES string of the molecule is CCOC(=O)NC(=O)C[NH+](CC)CC(=O)Nc1ccccc1Cl. The summed E-state index contributed by atoms with van der Waals surface area (Å²) in [5, 5.41) is 5.24. The summed E-state index contributed by atoms with van der Waals surface area (Å²) < 4.78 is 4.63. The molecule has 0 saturated carbocycles. The molecule has 3 amide bonds. The fourth-order valence-electron chi connectivity index (χ4n) is 1.85. The minimum absolute atomic E-state index is 0.00867. The minimum atomic E-state index is -0.784. The lowest BCUT2D eigenvalue weighted by Gasteiger charge is -2.16. The third kappa shape index (κ3) is 7.12. The molecule has 0 spiro atoms. The summed E-state index contributed by atoms with van der Waals surface area (Å²) in [5.74, 6) is -0.760. The molecular formula is C15H21ClN3O4+. The number of nitrogens with one attached hydrogen (secondary N) is 3. The molecule has 0 aliphatic rings. The maximum atomic E-state index is 12.0. The molecule has 8 heteroatoms. The molecule has 1 aromatic carbocycles. The molecular weight excluding hydrogens is 322 g/mol. The average Bonchev–Trinajstić information content (AvgIpc) is 2.49. The first-order chi connectivity index (χ1) is 11.0. The Balaban J connectivity index is 2.49. The van der Waals surface area contributed by atoms with Gasteiger partial charge in [-0.05, 0) is 26.0 Å². The number of carbonyl (C=O) groups is 3. The smallest absolute Gasteiger partial charge is 0.414 e. The number of benzene rings is 1. The Labute approximate surface area is 139 Å². The minimum Gasteiger partial charge on any atom is -0.450 e. The van der Waals surface area contributed by atoms with Gasteiger partial charge in [0.1, 0.15) is 0 Å². The maximum Gasteiger partial charge on any atom is 0.414 e. The van der Waals surface area contributed by atoms with E-state index in [2.05, 4.69) is 15.4 Å². The highest BCUT2D eigenvalue weighted by Crippen LogP contribution is 2.19. The van der Waals surface area contributed by atoms with E-state index < -0.39 is 12.0 Å². The molecule has 1 aromatic rings. The molecule has 0 aromatic heterocycles. The van der Waals surface area contributed by atoms with Crippen LogP contribution in [0.2, 0.25) is 5.02 Å². The van der Waals surface area contributed by atoms with Crippen molar-refractivity contribution in [3.05, 3.63) is 29.3 Å². The number of hydrogen-bond donors (Lipinski definition) is 3. The van der Waals surface area contributed by atoms with Crippen molar-refractivity contribution >= 4 is 35.2 Å². The fraction of sp³-hybridized carbons (Fsp3) is 0.400. The molecule has 0 saturated heterocycles. The quantitative estimate of drug-likeness (QED) is 0.671. The number of likely N-dealkylation sites (N-methyl/N-ethyl adjacent to an activating group) is 1. The summed E-state index contributed by atoms with van der Waals surface area (Å²) in [6.07, 6.45) is -0.784.